The van der Waals surface area contributed by atoms with Gasteiger partial charge in [-0.25, -0.2) is 0 Å². The highest BCUT2D eigenvalue weighted by Crippen LogP contribution is 2.07. The fourth-order valence-electron chi connectivity index (χ4n) is 1.25. The fourth-order valence-corrected chi connectivity index (χ4v) is 1.25. The van der Waals surface area contributed by atoms with Gasteiger partial charge >= 0.3 is 7.12 Å². The minimum absolute atomic E-state index is 0.264. The largest absolute Gasteiger partial charge is 0.508 e. The lowest BCUT2D eigenvalue weighted by Gasteiger charge is -2.02. The van der Waals surface area contributed by atoms with Gasteiger partial charge in [0.15, 0.2) is 0 Å². The number of fused-ring (bicyclic) bond motifs is 1. The molecule has 5 heteroatoms. The van der Waals surface area contributed by atoms with Gasteiger partial charge in [-0.15, -0.1) is 0 Å². The highest BCUT2D eigenvalue weighted by molar-refractivity contribution is 6.60. The molecule has 0 saturated heterocycles. The van der Waals surface area contributed by atoms with Crippen LogP contribution in [0.15, 0.2) is 30.7 Å². The molecule has 0 aliphatic heterocycles. The second kappa shape index (κ2) is 3.12. The van der Waals surface area contributed by atoms with E-state index in [2.05, 4.69) is 9.97 Å². The van der Waals surface area contributed by atoms with Crippen molar-refractivity contribution >= 4 is 23.5 Å². The Morgan fingerprint density at radius 1 is 1.15 bits per heavy atom. The van der Waals surface area contributed by atoms with E-state index in [0.29, 0.717) is 5.39 Å². The van der Waals surface area contributed by atoms with E-state index in [-0.39, 0.29) is 5.59 Å². The average Bonchev–Trinajstić information content (AvgIpc) is 2.17. The number of aromatic nitrogens is 2. The first-order chi connectivity index (χ1) is 6.29. The van der Waals surface area contributed by atoms with E-state index in [0.717, 1.165) is 5.39 Å². The van der Waals surface area contributed by atoms with Crippen molar-refractivity contribution in [1.82, 2.24) is 9.97 Å². The maximum atomic E-state index is 8.99. The molecule has 0 atom stereocenters. The molecule has 0 aromatic carbocycles. The molecule has 64 valence electrons. The summed E-state index contributed by atoms with van der Waals surface area (Å²) >= 11 is 0. The molecule has 2 aromatic rings. The van der Waals surface area contributed by atoms with Crippen molar-refractivity contribution in [3.8, 4) is 0 Å². The Labute approximate surface area is 75.0 Å². The molecule has 2 heterocycles. The maximum absolute atomic E-state index is 8.99. The van der Waals surface area contributed by atoms with Gasteiger partial charge in [-0.05, 0) is 12.1 Å². The first kappa shape index (κ1) is 8.16. The van der Waals surface area contributed by atoms with E-state index >= 15 is 0 Å². The highest BCUT2D eigenvalue weighted by atomic mass is 16.4. The Kier molecular flexibility index (Phi) is 1.96. The lowest BCUT2D eigenvalue weighted by atomic mass is 9.83. The summed E-state index contributed by atoms with van der Waals surface area (Å²) in [5.74, 6) is 0. The molecule has 13 heavy (non-hydrogen) atoms. The van der Waals surface area contributed by atoms with Crippen LogP contribution in [0.25, 0.3) is 10.8 Å². The van der Waals surface area contributed by atoms with Crippen LogP contribution in [0.2, 0.25) is 0 Å². The summed E-state index contributed by atoms with van der Waals surface area (Å²) in [4.78, 5) is 7.80. The van der Waals surface area contributed by atoms with E-state index in [4.69, 9.17) is 10.0 Å². The summed E-state index contributed by atoms with van der Waals surface area (Å²) in [6.45, 7) is 0. The van der Waals surface area contributed by atoms with Crippen LogP contribution in [0.1, 0.15) is 0 Å². The maximum Gasteiger partial charge on any atom is 0.508 e. The molecule has 2 N–H and O–H groups in total. The summed E-state index contributed by atoms with van der Waals surface area (Å²) in [7, 11) is -1.54. The van der Waals surface area contributed by atoms with Gasteiger partial charge in [0.2, 0.25) is 0 Å². The van der Waals surface area contributed by atoms with Crippen molar-refractivity contribution in [3.63, 3.8) is 0 Å². The normalized spacial score (nSPS) is 10.3. The molecule has 0 amide bonds. The van der Waals surface area contributed by atoms with Crippen LogP contribution in [0, 0.1) is 0 Å². The van der Waals surface area contributed by atoms with E-state index < -0.39 is 7.12 Å². The van der Waals surface area contributed by atoms with Gasteiger partial charge in [-0.2, -0.15) is 0 Å². The Morgan fingerprint density at radius 3 is 2.77 bits per heavy atom. The molecule has 0 fully saturated rings. The van der Waals surface area contributed by atoms with Gasteiger partial charge in [0, 0.05) is 29.4 Å². The highest BCUT2D eigenvalue weighted by Gasteiger charge is 2.15. The van der Waals surface area contributed by atoms with Crippen molar-refractivity contribution in [2.24, 2.45) is 0 Å². The number of pyridine rings is 2. The van der Waals surface area contributed by atoms with Crippen LogP contribution in [0.4, 0.5) is 0 Å². The quantitative estimate of drug-likeness (QED) is 0.561. The Hall–Kier alpha value is -1.46. The molecule has 0 radical (unpaired) electrons. The van der Waals surface area contributed by atoms with Gasteiger partial charge in [0.1, 0.15) is 0 Å². The molecule has 2 aromatic heterocycles. The van der Waals surface area contributed by atoms with Gasteiger partial charge < -0.3 is 10.0 Å². The van der Waals surface area contributed by atoms with Crippen molar-refractivity contribution in [2.75, 3.05) is 0 Å². The Bertz CT molecular complexity index is 428. The SMILES string of the molecule is OB(O)c1nccc2cnccc12. The number of rotatable bonds is 1. The molecule has 4 nitrogen and oxygen atoms in total. The average molecular weight is 174 g/mol. The van der Waals surface area contributed by atoms with Crippen LogP contribution in [0.5, 0.6) is 0 Å². The first-order valence-electron chi connectivity index (χ1n) is 3.84. The van der Waals surface area contributed by atoms with Crippen molar-refractivity contribution < 1.29 is 10.0 Å². The van der Waals surface area contributed by atoms with Gasteiger partial charge in [0.05, 0.1) is 5.59 Å². The molecule has 0 bridgehead atoms. The van der Waals surface area contributed by atoms with Crippen molar-refractivity contribution in [3.05, 3.63) is 30.7 Å². The van der Waals surface area contributed by atoms with Crippen LogP contribution >= 0.6 is 0 Å². The van der Waals surface area contributed by atoms with E-state index in [1.54, 1.807) is 24.5 Å². The lowest BCUT2D eigenvalue weighted by Crippen LogP contribution is -2.33. The lowest BCUT2D eigenvalue weighted by molar-refractivity contribution is 0.425. The third-order valence-corrected chi connectivity index (χ3v) is 1.84. The van der Waals surface area contributed by atoms with Crippen LogP contribution < -0.4 is 5.59 Å². The van der Waals surface area contributed by atoms with Gasteiger partial charge in [0.25, 0.3) is 0 Å². The van der Waals surface area contributed by atoms with Crippen LogP contribution in [-0.2, 0) is 0 Å². The second-order valence-corrected chi connectivity index (χ2v) is 2.67. The van der Waals surface area contributed by atoms with Gasteiger partial charge in [-0.3, -0.25) is 9.97 Å². The molecule has 0 spiro atoms. The standard InChI is InChI=1S/C8H7BN2O2/c12-9(13)8-7-2-3-10-5-6(7)1-4-11-8/h1-5,12-13H. The Balaban J connectivity index is 2.76. The minimum atomic E-state index is -1.54. The third-order valence-electron chi connectivity index (χ3n) is 1.84. The zero-order valence-electron chi connectivity index (χ0n) is 6.75. The summed E-state index contributed by atoms with van der Waals surface area (Å²) in [6.07, 6.45) is 4.78. The zero-order valence-corrected chi connectivity index (χ0v) is 6.75. The van der Waals surface area contributed by atoms with Crippen LogP contribution in [0.3, 0.4) is 0 Å². The summed E-state index contributed by atoms with van der Waals surface area (Å²) in [5, 5.41) is 19.6. The minimum Gasteiger partial charge on any atom is -0.422 e. The van der Waals surface area contributed by atoms with E-state index in [1.165, 1.54) is 6.20 Å². The molecular formula is C8H7BN2O2. The summed E-state index contributed by atoms with van der Waals surface area (Å²) in [6, 6.07) is 3.48. The number of hydrogen-bond donors (Lipinski definition) is 2. The van der Waals surface area contributed by atoms with Crippen LogP contribution in [-0.4, -0.2) is 27.1 Å². The van der Waals surface area contributed by atoms with E-state index in [9.17, 15) is 0 Å². The predicted molar refractivity (Wildman–Crippen MR) is 49.4 cm³/mol. The molecule has 0 aliphatic rings. The van der Waals surface area contributed by atoms with Crippen molar-refractivity contribution in [1.29, 1.82) is 0 Å². The zero-order chi connectivity index (χ0) is 9.26. The smallest absolute Gasteiger partial charge is 0.422 e. The molecule has 2 rings (SSSR count). The van der Waals surface area contributed by atoms with Crippen molar-refractivity contribution in [2.45, 2.75) is 0 Å². The topological polar surface area (TPSA) is 66.2 Å². The molecule has 0 unspecified atom stereocenters. The fraction of sp³-hybridized carbons (Fsp3) is 0. The molecule has 0 saturated carbocycles. The predicted octanol–water partition coefficient (Wildman–Crippen LogP) is -0.690. The monoisotopic (exact) mass is 174 g/mol. The van der Waals surface area contributed by atoms with E-state index in [1.807, 2.05) is 0 Å². The molecule has 0 aliphatic carbocycles. The second-order valence-electron chi connectivity index (χ2n) is 2.67. The first-order valence-corrected chi connectivity index (χ1v) is 3.84. The Morgan fingerprint density at radius 2 is 2.00 bits per heavy atom. The van der Waals surface area contributed by atoms with Gasteiger partial charge in [-0.1, -0.05) is 0 Å². The number of nitrogens with zero attached hydrogens (tertiary/aromatic N) is 2. The number of hydrogen-bond acceptors (Lipinski definition) is 4. The third kappa shape index (κ3) is 1.39. The molecular weight excluding hydrogens is 167 g/mol. The summed E-state index contributed by atoms with van der Waals surface area (Å²) < 4.78 is 0. The summed E-state index contributed by atoms with van der Waals surface area (Å²) in [5.41, 5.74) is 0.264.